The average Bonchev–Trinajstić information content (AvgIpc) is 3.49. The fourth-order valence-corrected chi connectivity index (χ4v) is 4.33. The molecule has 0 unspecified atom stereocenters. The number of rotatable bonds is 4. The maximum atomic E-state index is 12.9. The second kappa shape index (κ2) is 7.80. The van der Waals surface area contributed by atoms with Crippen molar-refractivity contribution in [3.8, 4) is 17.2 Å². The van der Waals surface area contributed by atoms with Gasteiger partial charge in [-0.05, 0) is 56.9 Å². The van der Waals surface area contributed by atoms with E-state index in [-0.39, 0.29) is 12.5 Å². The van der Waals surface area contributed by atoms with E-state index in [1.54, 1.807) is 17.3 Å². The molecule has 2 aromatic heterocycles. The number of benzene rings is 1. The Bertz CT molecular complexity index is 1400. The van der Waals surface area contributed by atoms with Crippen LogP contribution in [-0.2, 0) is 11.3 Å². The standard InChI is InChI=1S/C26H25N5O3/c1-15(10-27)13-30-14-21-19(11-28-12-20(21)24(30)32)17-7-8-22-18(9-17)23(16-5-6-16)29-31(22)25(33)34-26(2,3)4/h7-9,11-12,16H,1,5-6,13-14H2,2-4H3. The van der Waals surface area contributed by atoms with Crippen LogP contribution in [0.2, 0.25) is 0 Å². The van der Waals surface area contributed by atoms with Crippen molar-refractivity contribution < 1.29 is 14.3 Å². The van der Waals surface area contributed by atoms with E-state index in [4.69, 9.17) is 10.00 Å². The Labute approximate surface area is 197 Å². The first-order valence-corrected chi connectivity index (χ1v) is 11.3. The molecule has 1 aliphatic heterocycles. The Balaban J connectivity index is 1.57. The molecule has 172 valence electrons. The number of hydrogen-bond acceptors (Lipinski definition) is 6. The third kappa shape index (κ3) is 3.83. The molecule has 8 heteroatoms. The second-order valence-corrected chi connectivity index (χ2v) is 9.87. The molecule has 3 aromatic rings. The predicted molar refractivity (Wildman–Crippen MR) is 126 cm³/mol. The van der Waals surface area contributed by atoms with Crippen LogP contribution in [0.5, 0.6) is 0 Å². The van der Waals surface area contributed by atoms with Crippen LogP contribution in [0.25, 0.3) is 22.0 Å². The molecular formula is C26H25N5O3. The molecule has 0 bridgehead atoms. The molecule has 0 N–H and O–H groups in total. The second-order valence-electron chi connectivity index (χ2n) is 9.87. The predicted octanol–water partition coefficient (Wildman–Crippen LogP) is 4.79. The normalized spacial score (nSPS) is 15.4. The SMILES string of the molecule is C=C(C#N)CN1Cc2c(cncc2-c2ccc3c(c2)c(C2CC2)nn3C(=O)OC(C)(C)C)C1=O. The first-order valence-electron chi connectivity index (χ1n) is 11.3. The maximum Gasteiger partial charge on any atom is 0.435 e. The van der Waals surface area contributed by atoms with E-state index < -0.39 is 11.7 Å². The summed E-state index contributed by atoms with van der Waals surface area (Å²) in [6.07, 6.45) is 4.91. The number of nitriles is 1. The molecular weight excluding hydrogens is 430 g/mol. The van der Waals surface area contributed by atoms with E-state index in [9.17, 15) is 9.59 Å². The Morgan fingerprint density at radius 3 is 2.68 bits per heavy atom. The minimum absolute atomic E-state index is 0.154. The highest BCUT2D eigenvalue weighted by molar-refractivity contribution is 6.01. The molecule has 5 rings (SSSR count). The molecule has 34 heavy (non-hydrogen) atoms. The van der Waals surface area contributed by atoms with Gasteiger partial charge in [-0.25, -0.2) is 4.79 Å². The van der Waals surface area contributed by atoms with Gasteiger partial charge in [-0.1, -0.05) is 12.6 Å². The number of carbonyl (C=O) groups is 2. The lowest BCUT2D eigenvalue weighted by Crippen LogP contribution is -2.27. The number of carbonyl (C=O) groups excluding carboxylic acids is 2. The minimum Gasteiger partial charge on any atom is -0.442 e. The van der Waals surface area contributed by atoms with Gasteiger partial charge in [0, 0.05) is 41.4 Å². The van der Waals surface area contributed by atoms with Crippen molar-refractivity contribution >= 4 is 22.9 Å². The lowest BCUT2D eigenvalue weighted by atomic mass is 9.98. The van der Waals surface area contributed by atoms with Crippen LogP contribution in [0.1, 0.15) is 61.1 Å². The van der Waals surface area contributed by atoms with Gasteiger partial charge in [-0.15, -0.1) is 0 Å². The van der Waals surface area contributed by atoms with Gasteiger partial charge in [0.2, 0.25) is 0 Å². The smallest absolute Gasteiger partial charge is 0.435 e. The molecule has 0 atom stereocenters. The average molecular weight is 456 g/mol. The molecule has 1 amide bonds. The summed E-state index contributed by atoms with van der Waals surface area (Å²) in [6.45, 7) is 9.77. The van der Waals surface area contributed by atoms with Crippen LogP contribution in [0.3, 0.4) is 0 Å². The zero-order valence-corrected chi connectivity index (χ0v) is 19.5. The molecule has 2 aliphatic rings. The first kappa shape index (κ1) is 21.8. The summed E-state index contributed by atoms with van der Waals surface area (Å²) in [5.74, 6) is 0.174. The zero-order valence-electron chi connectivity index (χ0n) is 19.5. The van der Waals surface area contributed by atoms with Gasteiger partial charge in [-0.3, -0.25) is 9.78 Å². The van der Waals surface area contributed by atoms with Crippen molar-refractivity contribution in [2.24, 2.45) is 0 Å². The molecule has 3 heterocycles. The molecule has 0 radical (unpaired) electrons. The summed E-state index contributed by atoms with van der Waals surface area (Å²) in [5, 5.41) is 14.6. The van der Waals surface area contributed by atoms with Crippen LogP contribution < -0.4 is 0 Å². The van der Waals surface area contributed by atoms with Gasteiger partial charge in [0.1, 0.15) is 5.60 Å². The van der Waals surface area contributed by atoms with Crippen molar-refractivity contribution in [1.82, 2.24) is 19.7 Å². The van der Waals surface area contributed by atoms with Crippen LogP contribution in [-0.4, -0.2) is 43.8 Å². The molecule has 0 spiro atoms. The number of aromatic nitrogens is 3. The van der Waals surface area contributed by atoms with Gasteiger partial charge in [0.25, 0.3) is 5.91 Å². The third-order valence-electron chi connectivity index (χ3n) is 6.01. The van der Waals surface area contributed by atoms with E-state index in [1.165, 1.54) is 4.68 Å². The summed E-state index contributed by atoms with van der Waals surface area (Å²) in [4.78, 5) is 31.6. The number of fused-ring (bicyclic) bond motifs is 2. The quantitative estimate of drug-likeness (QED) is 0.524. The van der Waals surface area contributed by atoms with Crippen LogP contribution in [0.15, 0.2) is 42.7 Å². The lowest BCUT2D eigenvalue weighted by molar-refractivity contribution is 0.0521. The van der Waals surface area contributed by atoms with Crippen molar-refractivity contribution in [3.05, 3.63) is 59.6 Å². The molecule has 1 aromatic carbocycles. The third-order valence-corrected chi connectivity index (χ3v) is 6.01. The number of pyridine rings is 1. The fraction of sp³-hybridized carbons (Fsp3) is 0.346. The summed E-state index contributed by atoms with van der Waals surface area (Å²) < 4.78 is 6.92. The largest absolute Gasteiger partial charge is 0.442 e. The number of amides is 1. The van der Waals surface area contributed by atoms with Crippen LogP contribution in [0.4, 0.5) is 4.79 Å². The number of nitrogens with zero attached hydrogens (tertiary/aromatic N) is 5. The fourth-order valence-electron chi connectivity index (χ4n) is 4.33. The molecule has 0 saturated heterocycles. The first-order chi connectivity index (χ1) is 16.2. The van der Waals surface area contributed by atoms with Crippen molar-refractivity contribution in [3.63, 3.8) is 0 Å². The van der Waals surface area contributed by atoms with E-state index in [0.29, 0.717) is 29.1 Å². The minimum atomic E-state index is -0.624. The molecule has 8 nitrogen and oxygen atoms in total. The van der Waals surface area contributed by atoms with Gasteiger partial charge in [0.15, 0.2) is 0 Å². The number of hydrogen-bond donors (Lipinski definition) is 0. The Morgan fingerprint density at radius 2 is 2.00 bits per heavy atom. The van der Waals surface area contributed by atoms with Crippen molar-refractivity contribution in [2.45, 2.75) is 51.7 Å². The highest BCUT2D eigenvalue weighted by atomic mass is 16.6. The van der Waals surface area contributed by atoms with Crippen LogP contribution in [0, 0.1) is 11.3 Å². The lowest BCUT2D eigenvalue weighted by Gasteiger charge is -2.19. The summed E-state index contributed by atoms with van der Waals surface area (Å²) >= 11 is 0. The van der Waals surface area contributed by atoms with Gasteiger partial charge in [0.05, 0.1) is 29.4 Å². The van der Waals surface area contributed by atoms with Gasteiger partial charge in [-0.2, -0.15) is 15.0 Å². The maximum absolute atomic E-state index is 12.9. The summed E-state index contributed by atoms with van der Waals surface area (Å²) in [6, 6.07) is 7.82. The Morgan fingerprint density at radius 1 is 1.26 bits per heavy atom. The highest BCUT2D eigenvalue weighted by Crippen LogP contribution is 2.43. The van der Waals surface area contributed by atoms with Crippen molar-refractivity contribution in [2.75, 3.05) is 6.54 Å². The van der Waals surface area contributed by atoms with E-state index in [1.807, 2.05) is 45.0 Å². The molecule has 1 aliphatic carbocycles. The topological polar surface area (TPSA) is 101 Å². The zero-order chi connectivity index (χ0) is 24.2. The van der Waals surface area contributed by atoms with E-state index >= 15 is 0 Å². The van der Waals surface area contributed by atoms with Crippen molar-refractivity contribution in [1.29, 1.82) is 5.26 Å². The monoisotopic (exact) mass is 455 g/mol. The van der Waals surface area contributed by atoms with Gasteiger partial charge < -0.3 is 9.64 Å². The summed E-state index contributed by atoms with van der Waals surface area (Å²) in [5.41, 5.74) is 4.46. The molecule has 1 fully saturated rings. The highest BCUT2D eigenvalue weighted by Gasteiger charge is 2.33. The van der Waals surface area contributed by atoms with Crippen LogP contribution >= 0.6 is 0 Å². The van der Waals surface area contributed by atoms with Gasteiger partial charge >= 0.3 is 6.09 Å². The number of ether oxygens (including phenoxy) is 1. The van der Waals surface area contributed by atoms with E-state index in [0.717, 1.165) is 40.6 Å². The summed E-state index contributed by atoms with van der Waals surface area (Å²) in [7, 11) is 0. The van der Waals surface area contributed by atoms with E-state index in [2.05, 4.69) is 16.7 Å². The molecule has 1 saturated carbocycles. The Hall–Kier alpha value is -3.99. The Kier molecular flexibility index (Phi) is 5.01.